The second kappa shape index (κ2) is 10.1. The number of ether oxygens (including phenoxy) is 1. The van der Waals surface area contributed by atoms with Crippen molar-refractivity contribution < 1.29 is 22.1 Å². The summed E-state index contributed by atoms with van der Waals surface area (Å²) < 4.78 is 60.7. The minimum Gasteiger partial charge on any atom is -0.406 e. The Kier molecular flexibility index (Phi) is 7.03. The van der Waals surface area contributed by atoms with Crippen molar-refractivity contribution >= 4 is 25.5 Å². The molecule has 0 amide bonds. The van der Waals surface area contributed by atoms with Gasteiger partial charge in [-0.2, -0.15) is 4.36 Å². The van der Waals surface area contributed by atoms with Gasteiger partial charge in [-0.15, -0.1) is 13.2 Å². The van der Waals surface area contributed by atoms with Gasteiger partial charge in [-0.05, 0) is 78.1 Å². The Labute approximate surface area is 213 Å². The third-order valence-electron chi connectivity index (χ3n) is 6.94. The van der Waals surface area contributed by atoms with E-state index in [1.165, 1.54) is 34.4 Å². The summed E-state index contributed by atoms with van der Waals surface area (Å²) in [5.74, 6) is -0.0175. The Hall–Kier alpha value is -2.55. The van der Waals surface area contributed by atoms with Gasteiger partial charge in [0, 0.05) is 29.7 Å². The van der Waals surface area contributed by atoms with Crippen molar-refractivity contribution in [1.82, 2.24) is 4.31 Å². The first-order valence-electron chi connectivity index (χ1n) is 11.9. The second-order valence-electron chi connectivity index (χ2n) is 9.23. The quantitative estimate of drug-likeness (QED) is 0.327. The Morgan fingerprint density at radius 1 is 0.917 bits per heavy atom. The third kappa shape index (κ3) is 5.56. The molecule has 1 heterocycles. The van der Waals surface area contributed by atoms with Crippen LogP contribution in [0.4, 0.5) is 18.9 Å². The van der Waals surface area contributed by atoms with Gasteiger partial charge in [0.05, 0.1) is 5.69 Å². The summed E-state index contributed by atoms with van der Waals surface area (Å²) in [6.45, 7) is 1.04. The van der Waals surface area contributed by atoms with Gasteiger partial charge in [0.1, 0.15) is 5.75 Å². The van der Waals surface area contributed by atoms with E-state index in [9.17, 15) is 17.4 Å². The number of aryl methyl sites for hydroxylation is 2. The fourth-order valence-electron chi connectivity index (χ4n) is 5.42. The van der Waals surface area contributed by atoms with E-state index in [0.29, 0.717) is 13.1 Å². The molecule has 1 saturated heterocycles. The normalized spacial score (nSPS) is 20.5. The van der Waals surface area contributed by atoms with Crippen LogP contribution in [-0.4, -0.2) is 28.0 Å². The maximum absolute atomic E-state index is 13.5. The summed E-state index contributed by atoms with van der Waals surface area (Å²) in [6, 6.07) is 22.0. The average Bonchev–Trinajstić information content (AvgIpc) is 3.01. The Morgan fingerprint density at radius 2 is 1.50 bits per heavy atom. The molecule has 5 rings (SSSR count). The molecule has 0 saturated carbocycles. The number of halogens is 4. The van der Waals surface area contributed by atoms with Crippen LogP contribution >= 0.6 is 10.7 Å². The standard InChI is InChI=1S/C27H26ClF3N2O2S/c28-36(34,32-22-13-15-23(16-14-22)35-27(29,30)31)33-17-5-8-21(18-33)26-24-9-3-1-6-19(24)11-12-20-7-2-4-10-25(20)26/h1-4,6-7,9-10,13-16,21,26H,5,8,11-12,17-18H2/t21?,36-/m1/s1. The van der Waals surface area contributed by atoms with Crippen molar-refractivity contribution in [3.8, 4) is 5.75 Å². The van der Waals surface area contributed by atoms with E-state index in [4.69, 9.17) is 10.7 Å². The molecule has 3 aromatic rings. The van der Waals surface area contributed by atoms with E-state index < -0.39 is 15.5 Å². The lowest BCUT2D eigenvalue weighted by Crippen LogP contribution is -2.39. The Morgan fingerprint density at radius 3 is 2.08 bits per heavy atom. The molecule has 2 atom stereocenters. The number of hydrogen-bond donors (Lipinski definition) is 0. The molecule has 2 aliphatic rings. The zero-order chi connectivity index (χ0) is 25.3. The SMILES string of the molecule is O=[S@](Cl)(=Nc1ccc(OC(F)(F)F)cc1)N1CCCC(C2c3ccccc3CCc3ccccc32)C1. The number of benzene rings is 3. The molecule has 9 heteroatoms. The summed E-state index contributed by atoms with van der Waals surface area (Å²) >= 11 is 0. The molecule has 36 heavy (non-hydrogen) atoms. The molecule has 1 fully saturated rings. The van der Waals surface area contributed by atoms with Crippen molar-refractivity contribution in [1.29, 1.82) is 0 Å². The van der Waals surface area contributed by atoms with Crippen LogP contribution in [0.15, 0.2) is 77.2 Å². The van der Waals surface area contributed by atoms with Gasteiger partial charge in [0.15, 0.2) is 0 Å². The van der Waals surface area contributed by atoms with Gasteiger partial charge in [0.25, 0.3) is 0 Å². The Balaban J connectivity index is 1.43. The molecule has 4 nitrogen and oxygen atoms in total. The van der Waals surface area contributed by atoms with Crippen LogP contribution in [0.2, 0.25) is 0 Å². The maximum Gasteiger partial charge on any atom is 0.573 e. The number of fused-ring (bicyclic) bond motifs is 2. The summed E-state index contributed by atoms with van der Waals surface area (Å²) in [7, 11) is 3.21. The van der Waals surface area contributed by atoms with E-state index in [0.717, 1.165) is 37.8 Å². The van der Waals surface area contributed by atoms with E-state index in [2.05, 4.69) is 57.6 Å². The number of nitrogens with zero attached hydrogens (tertiary/aromatic N) is 2. The maximum atomic E-state index is 13.5. The fourth-order valence-corrected chi connectivity index (χ4v) is 7.26. The molecular formula is C27H26ClF3N2O2S. The molecule has 1 unspecified atom stereocenters. The highest BCUT2D eigenvalue weighted by Crippen LogP contribution is 2.43. The molecule has 0 bridgehead atoms. The van der Waals surface area contributed by atoms with Gasteiger partial charge >= 0.3 is 6.36 Å². The first-order chi connectivity index (χ1) is 17.2. The molecular weight excluding hydrogens is 509 g/mol. The monoisotopic (exact) mass is 534 g/mol. The van der Waals surface area contributed by atoms with Crippen LogP contribution < -0.4 is 4.74 Å². The largest absolute Gasteiger partial charge is 0.573 e. The first-order valence-corrected chi connectivity index (χ1v) is 14.2. The molecule has 0 radical (unpaired) electrons. The van der Waals surface area contributed by atoms with E-state index in [1.54, 1.807) is 4.31 Å². The van der Waals surface area contributed by atoms with Crippen LogP contribution in [0.1, 0.15) is 41.0 Å². The lowest BCUT2D eigenvalue weighted by molar-refractivity contribution is -0.274. The van der Waals surface area contributed by atoms with Crippen molar-refractivity contribution in [2.24, 2.45) is 10.3 Å². The van der Waals surface area contributed by atoms with Crippen LogP contribution in [0.25, 0.3) is 0 Å². The van der Waals surface area contributed by atoms with E-state index in [1.807, 2.05) is 0 Å². The first kappa shape index (κ1) is 25.1. The summed E-state index contributed by atoms with van der Waals surface area (Å²) in [5, 5.41) is 0. The molecule has 1 aliphatic heterocycles. The van der Waals surface area contributed by atoms with E-state index in [-0.39, 0.29) is 23.3 Å². The van der Waals surface area contributed by atoms with Crippen LogP contribution in [0.3, 0.4) is 0 Å². The third-order valence-corrected chi connectivity index (χ3v) is 9.14. The van der Waals surface area contributed by atoms with Crippen molar-refractivity contribution in [2.75, 3.05) is 13.1 Å². The topological polar surface area (TPSA) is 41.9 Å². The summed E-state index contributed by atoms with van der Waals surface area (Å²) in [5.41, 5.74) is 5.54. The van der Waals surface area contributed by atoms with Crippen LogP contribution in [-0.2, 0) is 22.0 Å². The van der Waals surface area contributed by atoms with Gasteiger partial charge in [0.2, 0.25) is 9.13 Å². The molecule has 0 spiro atoms. The van der Waals surface area contributed by atoms with Gasteiger partial charge < -0.3 is 4.74 Å². The Bertz CT molecular complexity index is 1310. The highest BCUT2D eigenvalue weighted by atomic mass is 35.7. The van der Waals surface area contributed by atoms with Crippen molar-refractivity contribution in [3.63, 3.8) is 0 Å². The fraction of sp³-hybridized carbons (Fsp3) is 0.333. The number of piperidine rings is 1. The highest BCUT2D eigenvalue weighted by Gasteiger charge is 2.36. The van der Waals surface area contributed by atoms with Crippen LogP contribution in [0, 0.1) is 5.92 Å². The molecule has 0 N–H and O–H groups in total. The minimum absolute atomic E-state index is 0.161. The lowest BCUT2D eigenvalue weighted by Gasteiger charge is -2.37. The minimum atomic E-state index is -4.78. The highest BCUT2D eigenvalue weighted by molar-refractivity contribution is 8.13. The van der Waals surface area contributed by atoms with Crippen molar-refractivity contribution in [2.45, 2.75) is 38.0 Å². The molecule has 1 aliphatic carbocycles. The van der Waals surface area contributed by atoms with Gasteiger partial charge in [-0.3, -0.25) is 0 Å². The van der Waals surface area contributed by atoms with E-state index >= 15 is 0 Å². The predicted molar refractivity (Wildman–Crippen MR) is 136 cm³/mol. The zero-order valence-electron chi connectivity index (χ0n) is 19.5. The summed E-state index contributed by atoms with van der Waals surface area (Å²) in [6.07, 6.45) is -1.02. The summed E-state index contributed by atoms with van der Waals surface area (Å²) in [4.78, 5) is 0. The lowest BCUT2D eigenvalue weighted by atomic mass is 9.76. The molecule has 3 aromatic carbocycles. The number of rotatable bonds is 4. The molecule has 0 aromatic heterocycles. The second-order valence-corrected chi connectivity index (χ2v) is 12.0. The number of hydrogen-bond acceptors (Lipinski definition) is 3. The number of alkyl halides is 3. The smallest absolute Gasteiger partial charge is 0.406 e. The average molecular weight is 535 g/mol. The zero-order valence-corrected chi connectivity index (χ0v) is 21.0. The predicted octanol–water partition coefficient (Wildman–Crippen LogP) is 7.40. The van der Waals surface area contributed by atoms with Gasteiger partial charge in [-0.25, -0.2) is 8.51 Å². The van der Waals surface area contributed by atoms with Crippen LogP contribution in [0.5, 0.6) is 5.75 Å². The molecule has 190 valence electrons. The van der Waals surface area contributed by atoms with Gasteiger partial charge in [-0.1, -0.05) is 48.5 Å². The van der Waals surface area contributed by atoms with Crippen molar-refractivity contribution in [3.05, 3.63) is 95.1 Å².